The molecule has 88 valence electrons. The minimum Gasteiger partial charge on any atom is -0.461 e. The van der Waals surface area contributed by atoms with Crippen LogP contribution in [0.1, 0.15) is 35.0 Å². The first-order chi connectivity index (χ1) is 7.47. The second kappa shape index (κ2) is 4.96. The molecular weight excluding hydrogens is 223 g/mol. The van der Waals surface area contributed by atoms with Gasteiger partial charge < -0.3 is 4.74 Å². The van der Waals surface area contributed by atoms with Crippen molar-refractivity contribution in [3.05, 3.63) is 28.8 Å². The Morgan fingerprint density at radius 1 is 1.56 bits per heavy atom. The maximum Gasteiger partial charge on any atom is 0.357 e. The van der Waals surface area contributed by atoms with E-state index in [1.165, 1.54) is 13.8 Å². The molecule has 0 atom stereocenters. The van der Waals surface area contributed by atoms with Crippen molar-refractivity contribution in [1.29, 1.82) is 0 Å². The Bertz CT molecular complexity index is 407. The number of carbonyl (C=O) groups is 1. The third-order valence-corrected chi connectivity index (χ3v) is 1.88. The fourth-order valence-electron chi connectivity index (χ4n) is 1.14. The third kappa shape index (κ3) is 2.50. The van der Waals surface area contributed by atoms with Gasteiger partial charge >= 0.3 is 5.97 Å². The van der Waals surface area contributed by atoms with Gasteiger partial charge in [-0.15, -0.1) is 0 Å². The van der Waals surface area contributed by atoms with Crippen LogP contribution in [0.2, 0.25) is 0 Å². The molecule has 0 aliphatic rings. The van der Waals surface area contributed by atoms with Crippen LogP contribution in [0, 0.1) is 12.9 Å². The number of aryl methyl sites for hydroxylation is 1. The number of carbonyl (C=O) groups excluding carboxylic acids is 1. The molecule has 0 fully saturated rings. The van der Waals surface area contributed by atoms with Crippen LogP contribution in [0.5, 0.6) is 0 Å². The first-order valence-corrected chi connectivity index (χ1v) is 4.59. The number of esters is 1. The molecule has 1 aromatic heterocycles. The lowest BCUT2D eigenvalue weighted by atomic mass is 10.1. The molecule has 1 rings (SSSR count). The van der Waals surface area contributed by atoms with Gasteiger partial charge in [-0.05, 0) is 19.9 Å². The number of hydrogen-bond acceptors (Lipinski definition) is 3. The summed E-state index contributed by atoms with van der Waals surface area (Å²) in [7, 11) is 0. The van der Waals surface area contributed by atoms with E-state index in [0.29, 0.717) is 0 Å². The van der Waals surface area contributed by atoms with Crippen LogP contribution in [0.15, 0.2) is 6.07 Å². The molecule has 6 heteroatoms. The van der Waals surface area contributed by atoms with Gasteiger partial charge in [0.15, 0.2) is 5.69 Å². The number of rotatable bonds is 3. The highest BCUT2D eigenvalue weighted by atomic mass is 19.3. The number of pyridine rings is 1. The zero-order chi connectivity index (χ0) is 12.3. The SMILES string of the molecule is CCOC(=O)c1nc(F)c(C)cc1C(F)F. The highest BCUT2D eigenvalue weighted by Crippen LogP contribution is 2.24. The van der Waals surface area contributed by atoms with E-state index < -0.39 is 29.6 Å². The van der Waals surface area contributed by atoms with Gasteiger partial charge in [-0.25, -0.2) is 18.6 Å². The molecule has 0 saturated heterocycles. The molecule has 0 radical (unpaired) electrons. The summed E-state index contributed by atoms with van der Waals surface area (Å²) < 4.78 is 42.7. The van der Waals surface area contributed by atoms with E-state index in [9.17, 15) is 18.0 Å². The van der Waals surface area contributed by atoms with Gasteiger partial charge in [-0.2, -0.15) is 4.39 Å². The molecule has 16 heavy (non-hydrogen) atoms. The lowest BCUT2D eigenvalue weighted by Gasteiger charge is -2.08. The average Bonchev–Trinajstić information content (AvgIpc) is 2.21. The van der Waals surface area contributed by atoms with Gasteiger partial charge in [-0.3, -0.25) is 0 Å². The Hall–Kier alpha value is -1.59. The van der Waals surface area contributed by atoms with Gasteiger partial charge in [0.2, 0.25) is 5.95 Å². The number of alkyl halides is 2. The number of aromatic nitrogens is 1. The highest BCUT2D eigenvalue weighted by molar-refractivity contribution is 5.89. The molecule has 1 heterocycles. The van der Waals surface area contributed by atoms with Gasteiger partial charge in [0.05, 0.1) is 12.2 Å². The van der Waals surface area contributed by atoms with Gasteiger partial charge in [0.1, 0.15) is 0 Å². The summed E-state index contributed by atoms with van der Waals surface area (Å²) in [5, 5.41) is 0. The molecule has 3 nitrogen and oxygen atoms in total. The molecule has 0 unspecified atom stereocenters. The van der Waals surface area contributed by atoms with Gasteiger partial charge in [0.25, 0.3) is 6.43 Å². The van der Waals surface area contributed by atoms with E-state index >= 15 is 0 Å². The molecule has 0 aliphatic carbocycles. The van der Waals surface area contributed by atoms with Crippen LogP contribution in [0.3, 0.4) is 0 Å². The maximum atomic E-state index is 13.1. The molecule has 1 aromatic rings. The Labute approximate surface area is 90.2 Å². The Kier molecular flexibility index (Phi) is 3.87. The van der Waals surface area contributed by atoms with Crippen LogP contribution >= 0.6 is 0 Å². The first kappa shape index (κ1) is 12.5. The normalized spacial score (nSPS) is 10.6. The van der Waals surface area contributed by atoms with Crippen LogP contribution in [0.4, 0.5) is 13.2 Å². The first-order valence-electron chi connectivity index (χ1n) is 4.59. The quantitative estimate of drug-likeness (QED) is 0.595. The van der Waals surface area contributed by atoms with Crippen molar-refractivity contribution in [3.63, 3.8) is 0 Å². The van der Waals surface area contributed by atoms with Crippen molar-refractivity contribution < 1.29 is 22.7 Å². The van der Waals surface area contributed by atoms with Crippen molar-refractivity contribution in [1.82, 2.24) is 4.98 Å². The van der Waals surface area contributed by atoms with Gasteiger partial charge in [0, 0.05) is 5.56 Å². The van der Waals surface area contributed by atoms with E-state index in [0.717, 1.165) is 6.07 Å². The maximum absolute atomic E-state index is 13.1. The molecule has 0 saturated carbocycles. The van der Waals surface area contributed by atoms with Crippen LogP contribution in [-0.4, -0.2) is 17.6 Å². The van der Waals surface area contributed by atoms with E-state index in [-0.39, 0.29) is 12.2 Å². The summed E-state index contributed by atoms with van der Waals surface area (Å²) in [5.41, 5.74) is -1.32. The third-order valence-electron chi connectivity index (χ3n) is 1.88. The van der Waals surface area contributed by atoms with Crippen molar-refractivity contribution in [2.75, 3.05) is 6.61 Å². The van der Waals surface area contributed by atoms with Crippen molar-refractivity contribution in [2.24, 2.45) is 0 Å². The monoisotopic (exact) mass is 233 g/mol. The Morgan fingerprint density at radius 2 is 2.19 bits per heavy atom. The number of nitrogens with zero attached hydrogens (tertiary/aromatic N) is 1. The molecule has 0 aromatic carbocycles. The van der Waals surface area contributed by atoms with Crippen molar-refractivity contribution in [2.45, 2.75) is 20.3 Å². The van der Waals surface area contributed by atoms with Crippen LogP contribution in [-0.2, 0) is 4.74 Å². The summed E-state index contributed by atoms with van der Waals surface area (Å²) in [4.78, 5) is 14.4. The minimum atomic E-state index is -2.90. The summed E-state index contributed by atoms with van der Waals surface area (Å²) in [6.45, 7) is 2.83. The van der Waals surface area contributed by atoms with E-state index in [4.69, 9.17) is 0 Å². The lowest BCUT2D eigenvalue weighted by molar-refractivity contribution is 0.0506. The second-order valence-corrected chi connectivity index (χ2v) is 3.06. The molecule has 0 spiro atoms. The summed E-state index contributed by atoms with van der Waals surface area (Å²) >= 11 is 0. The fraction of sp³-hybridized carbons (Fsp3) is 0.400. The lowest BCUT2D eigenvalue weighted by Crippen LogP contribution is -2.13. The summed E-state index contributed by atoms with van der Waals surface area (Å²) in [6.07, 6.45) is -2.90. The largest absolute Gasteiger partial charge is 0.461 e. The highest BCUT2D eigenvalue weighted by Gasteiger charge is 2.23. The predicted molar refractivity (Wildman–Crippen MR) is 49.8 cm³/mol. The zero-order valence-corrected chi connectivity index (χ0v) is 8.76. The number of ether oxygens (including phenoxy) is 1. The summed E-state index contributed by atoms with van der Waals surface area (Å²) in [5.74, 6) is -2.00. The standard InChI is InChI=1S/C10H10F3NO2/c1-3-16-10(15)7-6(8(11)12)4-5(2)9(13)14-7/h4,8H,3H2,1-2H3. The molecule has 0 N–H and O–H groups in total. The van der Waals surface area contributed by atoms with E-state index in [1.54, 1.807) is 0 Å². The molecule has 0 aliphatic heterocycles. The van der Waals surface area contributed by atoms with Crippen LogP contribution in [0.25, 0.3) is 0 Å². The number of halogens is 3. The molecule has 0 amide bonds. The Morgan fingerprint density at radius 3 is 2.69 bits per heavy atom. The minimum absolute atomic E-state index is 0.0126. The Balaban J connectivity index is 3.24. The molecule has 0 bridgehead atoms. The van der Waals surface area contributed by atoms with E-state index in [1.807, 2.05) is 0 Å². The predicted octanol–water partition coefficient (Wildman–Crippen LogP) is 2.64. The average molecular weight is 233 g/mol. The van der Waals surface area contributed by atoms with Gasteiger partial charge in [-0.1, -0.05) is 0 Å². The fourth-order valence-corrected chi connectivity index (χ4v) is 1.14. The topological polar surface area (TPSA) is 39.2 Å². The van der Waals surface area contributed by atoms with Crippen molar-refractivity contribution >= 4 is 5.97 Å². The van der Waals surface area contributed by atoms with E-state index in [2.05, 4.69) is 9.72 Å². The zero-order valence-electron chi connectivity index (χ0n) is 8.76. The second-order valence-electron chi connectivity index (χ2n) is 3.06. The van der Waals surface area contributed by atoms with Crippen molar-refractivity contribution in [3.8, 4) is 0 Å². The number of hydrogen-bond donors (Lipinski definition) is 0. The smallest absolute Gasteiger partial charge is 0.357 e. The molecular formula is C10H10F3NO2. The van der Waals surface area contributed by atoms with Crippen LogP contribution < -0.4 is 0 Å². The summed E-state index contributed by atoms with van der Waals surface area (Å²) in [6, 6.07) is 0.902.